The van der Waals surface area contributed by atoms with Crippen LogP contribution in [0, 0.1) is 16.7 Å². The highest BCUT2D eigenvalue weighted by Crippen LogP contribution is 2.38. The van der Waals surface area contributed by atoms with Gasteiger partial charge in [0.15, 0.2) is 11.2 Å². The average Bonchev–Trinajstić information content (AvgIpc) is 3.24. The Balaban J connectivity index is 1.63. The van der Waals surface area contributed by atoms with E-state index in [2.05, 4.69) is 11.2 Å². The summed E-state index contributed by atoms with van der Waals surface area (Å²) in [5.74, 6) is 0.218. The van der Waals surface area contributed by atoms with E-state index in [9.17, 15) is 10.1 Å². The van der Waals surface area contributed by atoms with Gasteiger partial charge in [0.1, 0.15) is 12.3 Å². The van der Waals surface area contributed by atoms with Crippen LogP contribution in [-0.4, -0.2) is 11.1 Å². The molecule has 0 spiro atoms. The number of ether oxygens (including phenoxy) is 1. The normalized spacial score (nSPS) is 16.5. The fraction of sp³-hybridized carbons (Fsp3) is 0.400. The maximum Gasteiger partial charge on any atom is 0.326 e. The van der Waals surface area contributed by atoms with Crippen molar-refractivity contribution in [1.82, 2.24) is 5.16 Å². The number of esters is 1. The lowest BCUT2D eigenvalue weighted by Gasteiger charge is -2.17. The van der Waals surface area contributed by atoms with Gasteiger partial charge in [-0.05, 0) is 24.3 Å². The maximum absolute atomic E-state index is 12.1. The third-order valence-corrected chi connectivity index (χ3v) is 4.62. The van der Waals surface area contributed by atoms with Gasteiger partial charge in [-0.15, -0.1) is 11.3 Å². The zero-order valence-corrected chi connectivity index (χ0v) is 12.2. The number of hydrogen-bond donors (Lipinski definition) is 0. The minimum atomic E-state index is -0.958. The van der Waals surface area contributed by atoms with E-state index in [0.717, 1.165) is 17.7 Å². The first-order valence-corrected chi connectivity index (χ1v) is 7.69. The Hall–Kier alpha value is -2.13. The van der Waals surface area contributed by atoms with Gasteiger partial charge in [-0.2, -0.15) is 5.26 Å². The Bertz CT molecular complexity index is 663. The third kappa shape index (κ3) is 2.69. The molecule has 0 N–H and O–H groups in total. The second-order valence-electron chi connectivity index (χ2n) is 5.14. The predicted molar refractivity (Wildman–Crippen MR) is 76.1 cm³/mol. The van der Waals surface area contributed by atoms with Crippen LogP contribution in [0.15, 0.2) is 28.1 Å². The summed E-state index contributed by atoms with van der Waals surface area (Å²) >= 11 is 1.55. The van der Waals surface area contributed by atoms with Crippen LogP contribution in [0.5, 0.6) is 0 Å². The van der Waals surface area contributed by atoms with Crippen LogP contribution in [0.25, 0.3) is 10.6 Å². The van der Waals surface area contributed by atoms with Gasteiger partial charge in [-0.1, -0.05) is 24.1 Å². The van der Waals surface area contributed by atoms with Crippen molar-refractivity contribution in [3.8, 4) is 16.7 Å². The molecule has 1 aliphatic rings. The van der Waals surface area contributed by atoms with Crippen LogP contribution < -0.4 is 0 Å². The summed E-state index contributed by atoms with van der Waals surface area (Å²) in [5, 5.41) is 15.1. The number of carbonyl (C=O) groups excluding carboxylic acids is 1. The van der Waals surface area contributed by atoms with Gasteiger partial charge < -0.3 is 9.26 Å². The Labute approximate surface area is 126 Å². The summed E-state index contributed by atoms with van der Waals surface area (Å²) in [7, 11) is 0. The molecule has 6 heteroatoms. The van der Waals surface area contributed by atoms with E-state index in [-0.39, 0.29) is 6.61 Å². The molecule has 1 saturated carbocycles. The van der Waals surface area contributed by atoms with E-state index in [1.165, 1.54) is 0 Å². The van der Waals surface area contributed by atoms with Crippen molar-refractivity contribution in [3.05, 3.63) is 29.3 Å². The quantitative estimate of drug-likeness (QED) is 0.807. The first-order chi connectivity index (χ1) is 10.2. The van der Waals surface area contributed by atoms with Gasteiger partial charge in [0.25, 0.3) is 0 Å². The highest BCUT2D eigenvalue weighted by molar-refractivity contribution is 7.13. The zero-order chi connectivity index (χ0) is 14.7. The smallest absolute Gasteiger partial charge is 0.326 e. The van der Waals surface area contributed by atoms with Crippen LogP contribution in [0.1, 0.15) is 31.4 Å². The van der Waals surface area contributed by atoms with Gasteiger partial charge in [0.05, 0.1) is 10.9 Å². The highest BCUT2D eigenvalue weighted by atomic mass is 32.1. The van der Waals surface area contributed by atoms with Crippen LogP contribution >= 0.6 is 11.3 Å². The number of rotatable bonds is 4. The van der Waals surface area contributed by atoms with E-state index in [1.807, 2.05) is 17.5 Å². The number of nitriles is 1. The molecule has 108 valence electrons. The average molecular weight is 302 g/mol. The molecule has 0 saturated heterocycles. The molecule has 0 bridgehead atoms. The predicted octanol–water partition coefficient (Wildman–Crippen LogP) is 3.53. The summed E-state index contributed by atoms with van der Waals surface area (Å²) in [6, 6.07) is 7.75. The summed E-state index contributed by atoms with van der Waals surface area (Å²) in [5.41, 5.74) is -0.404. The SMILES string of the molecule is N#CC1(C(=O)OCc2cc(-c3cccs3)on2)CCCC1. The highest BCUT2D eigenvalue weighted by Gasteiger charge is 2.43. The molecular weight excluding hydrogens is 288 g/mol. The molecular formula is C15H14N2O3S. The van der Waals surface area contributed by atoms with Crippen molar-refractivity contribution in [2.24, 2.45) is 5.41 Å². The molecule has 0 atom stereocenters. The molecule has 0 aliphatic heterocycles. The molecule has 0 unspecified atom stereocenters. The summed E-state index contributed by atoms with van der Waals surface area (Å²) < 4.78 is 10.5. The van der Waals surface area contributed by atoms with E-state index >= 15 is 0 Å². The van der Waals surface area contributed by atoms with Gasteiger partial charge in [0.2, 0.25) is 0 Å². The number of nitrogens with zero attached hydrogens (tertiary/aromatic N) is 2. The van der Waals surface area contributed by atoms with Gasteiger partial charge in [-0.25, -0.2) is 0 Å². The Morgan fingerprint density at radius 1 is 1.52 bits per heavy atom. The summed E-state index contributed by atoms with van der Waals surface area (Å²) in [4.78, 5) is 13.1. The fourth-order valence-corrected chi connectivity index (χ4v) is 3.21. The third-order valence-electron chi connectivity index (χ3n) is 3.74. The molecule has 2 aromatic rings. The van der Waals surface area contributed by atoms with E-state index < -0.39 is 11.4 Å². The largest absolute Gasteiger partial charge is 0.458 e. The fourth-order valence-electron chi connectivity index (χ4n) is 2.53. The molecule has 1 fully saturated rings. The molecule has 1 aliphatic carbocycles. The Morgan fingerprint density at radius 3 is 3.00 bits per heavy atom. The Morgan fingerprint density at radius 2 is 2.33 bits per heavy atom. The second kappa shape index (κ2) is 5.70. The Kier molecular flexibility index (Phi) is 3.76. The van der Waals surface area contributed by atoms with Crippen molar-refractivity contribution in [2.75, 3.05) is 0 Å². The minimum absolute atomic E-state index is 0.0388. The maximum atomic E-state index is 12.1. The number of carbonyl (C=O) groups is 1. The monoisotopic (exact) mass is 302 g/mol. The molecule has 21 heavy (non-hydrogen) atoms. The lowest BCUT2D eigenvalue weighted by molar-refractivity contribution is -0.153. The summed E-state index contributed by atoms with van der Waals surface area (Å²) in [6.07, 6.45) is 2.97. The van der Waals surface area contributed by atoms with Crippen molar-refractivity contribution in [3.63, 3.8) is 0 Å². The molecule has 3 rings (SSSR count). The van der Waals surface area contributed by atoms with Crippen molar-refractivity contribution in [2.45, 2.75) is 32.3 Å². The lowest BCUT2D eigenvalue weighted by atomic mass is 9.88. The topological polar surface area (TPSA) is 76.1 Å². The van der Waals surface area contributed by atoms with E-state index in [0.29, 0.717) is 24.3 Å². The first kappa shape index (κ1) is 13.8. The first-order valence-electron chi connectivity index (χ1n) is 6.81. The standard InChI is InChI=1S/C15H14N2O3S/c16-10-15(5-1-2-6-15)14(18)19-9-11-8-12(20-17-11)13-4-3-7-21-13/h3-4,7-8H,1-2,5-6,9H2. The minimum Gasteiger partial charge on any atom is -0.458 e. The summed E-state index contributed by atoms with van der Waals surface area (Å²) in [6.45, 7) is 0.0388. The zero-order valence-electron chi connectivity index (χ0n) is 11.4. The van der Waals surface area contributed by atoms with Crippen LogP contribution in [0.2, 0.25) is 0 Å². The number of hydrogen-bond acceptors (Lipinski definition) is 6. The van der Waals surface area contributed by atoms with Gasteiger partial charge in [0, 0.05) is 6.07 Å². The number of aromatic nitrogens is 1. The molecule has 2 aromatic heterocycles. The second-order valence-corrected chi connectivity index (χ2v) is 6.08. The van der Waals surface area contributed by atoms with Crippen molar-refractivity contribution >= 4 is 17.3 Å². The van der Waals surface area contributed by atoms with E-state index in [1.54, 1.807) is 17.4 Å². The van der Waals surface area contributed by atoms with Crippen LogP contribution in [0.4, 0.5) is 0 Å². The lowest BCUT2D eigenvalue weighted by Crippen LogP contribution is -2.28. The van der Waals surface area contributed by atoms with Crippen molar-refractivity contribution in [1.29, 1.82) is 5.26 Å². The van der Waals surface area contributed by atoms with Crippen LogP contribution in [0.3, 0.4) is 0 Å². The van der Waals surface area contributed by atoms with E-state index in [4.69, 9.17) is 9.26 Å². The molecule has 0 radical (unpaired) electrons. The molecule has 5 nitrogen and oxygen atoms in total. The number of thiophene rings is 1. The van der Waals surface area contributed by atoms with Gasteiger partial charge in [-0.3, -0.25) is 4.79 Å². The van der Waals surface area contributed by atoms with Crippen molar-refractivity contribution < 1.29 is 14.1 Å². The molecule has 0 amide bonds. The van der Waals surface area contributed by atoms with Crippen LogP contribution in [-0.2, 0) is 16.1 Å². The van der Waals surface area contributed by atoms with Gasteiger partial charge >= 0.3 is 5.97 Å². The molecule has 0 aromatic carbocycles. The molecule has 2 heterocycles.